The largest absolute Gasteiger partial charge is 0.439 e. The van der Waals surface area contributed by atoms with Crippen molar-refractivity contribution in [3.8, 4) is 17.4 Å². The Morgan fingerprint density at radius 3 is 2.72 bits per heavy atom. The topological polar surface area (TPSA) is 81.9 Å². The summed E-state index contributed by atoms with van der Waals surface area (Å²) in [6, 6.07) is 10.9. The summed E-state index contributed by atoms with van der Waals surface area (Å²) in [4.78, 5) is 20.9. The quantitative estimate of drug-likeness (QED) is 0.633. The van der Waals surface area contributed by atoms with Crippen LogP contribution in [0, 0.1) is 12.8 Å². The molecule has 150 valence electrons. The van der Waals surface area contributed by atoms with Crippen LogP contribution in [0.25, 0.3) is 5.82 Å². The van der Waals surface area contributed by atoms with Crippen molar-refractivity contribution in [1.29, 1.82) is 0 Å². The first-order valence-corrected chi connectivity index (χ1v) is 10.1. The van der Waals surface area contributed by atoms with Gasteiger partial charge in [0.2, 0.25) is 11.8 Å². The SMILES string of the molecule is Cc1nc(Oc2ccc(NC(=O)CCC3CCCC3)cc2)cc(-n2cccn2)n1. The van der Waals surface area contributed by atoms with Gasteiger partial charge in [-0.05, 0) is 49.6 Å². The van der Waals surface area contributed by atoms with Gasteiger partial charge in [-0.15, -0.1) is 0 Å². The third-order valence-corrected chi connectivity index (χ3v) is 5.15. The maximum Gasteiger partial charge on any atom is 0.224 e. The molecule has 3 aromatic rings. The second-order valence-corrected chi connectivity index (χ2v) is 7.43. The second-order valence-electron chi connectivity index (χ2n) is 7.43. The van der Waals surface area contributed by atoms with Gasteiger partial charge in [0.1, 0.15) is 11.6 Å². The molecule has 0 saturated heterocycles. The molecule has 1 amide bonds. The zero-order valence-electron chi connectivity index (χ0n) is 16.5. The molecule has 2 aromatic heterocycles. The Morgan fingerprint density at radius 2 is 2.00 bits per heavy atom. The van der Waals surface area contributed by atoms with Crippen molar-refractivity contribution >= 4 is 11.6 Å². The van der Waals surface area contributed by atoms with Crippen LogP contribution in [0.1, 0.15) is 44.3 Å². The van der Waals surface area contributed by atoms with Crippen molar-refractivity contribution in [3.05, 3.63) is 54.6 Å². The molecule has 0 radical (unpaired) electrons. The molecule has 0 aliphatic heterocycles. The molecule has 0 spiro atoms. The number of aryl methyl sites for hydroxylation is 1. The predicted octanol–water partition coefficient (Wildman–Crippen LogP) is 4.67. The third-order valence-electron chi connectivity index (χ3n) is 5.15. The first kappa shape index (κ1) is 19.1. The third kappa shape index (κ3) is 5.19. The van der Waals surface area contributed by atoms with Gasteiger partial charge in [0, 0.05) is 30.6 Å². The van der Waals surface area contributed by atoms with Crippen LogP contribution >= 0.6 is 0 Å². The maximum absolute atomic E-state index is 12.2. The smallest absolute Gasteiger partial charge is 0.224 e. The van der Waals surface area contributed by atoms with Crippen molar-refractivity contribution in [2.24, 2.45) is 5.92 Å². The molecule has 4 rings (SSSR count). The lowest BCUT2D eigenvalue weighted by molar-refractivity contribution is -0.116. The summed E-state index contributed by atoms with van der Waals surface area (Å²) in [6.07, 6.45) is 10.2. The number of carbonyl (C=O) groups excluding carboxylic acids is 1. The number of hydrogen-bond donors (Lipinski definition) is 1. The van der Waals surface area contributed by atoms with E-state index >= 15 is 0 Å². The molecule has 2 heterocycles. The Labute approximate surface area is 170 Å². The lowest BCUT2D eigenvalue weighted by Crippen LogP contribution is -2.12. The fraction of sp³-hybridized carbons (Fsp3) is 0.364. The molecule has 0 bridgehead atoms. The van der Waals surface area contributed by atoms with Crippen LogP contribution in [0.3, 0.4) is 0 Å². The van der Waals surface area contributed by atoms with Gasteiger partial charge in [0.05, 0.1) is 0 Å². The summed E-state index contributed by atoms with van der Waals surface area (Å²) in [6.45, 7) is 1.81. The molecular formula is C22H25N5O2. The molecule has 1 aliphatic rings. The van der Waals surface area contributed by atoms with E-state index in [1.165, 1.54) is 25.7 Å². The second kappa shape index (κ2) is 8.86. The molecule has 7 nitrogen and oxygen atoms in total. The van der Waals surface area contributed by atoms with Crippen molar-refractivity contribution in [2.45, 2.75) is 45.4 Å². The van der Waals surface area contributed by atoms with Gasteiger partial charge in [-0.3, -0.25) is 4.79 Å². The van der Waals surface area contributed by atoms with E-state index < -0.39 is 0 Å². The molecule has 1 aliphatic carbocycles. The first-order chi connectivity index (χ1) is 14.2. The van der Waals surface area contributed by atoms with Gasteiger partial charge < -0.3 is 10.1 Å². The van der Waals surface area contributed by atoms with E-state index in [0.29, 0.717) is 29.7 Å². The summed E-state index contributed by atoms with van der Waals surface area (Å²) in [5.74, 6) is 3.11. The molecule has 1 fully saturated rings. The van der Waals surface area contributed by atoms with Crippen LogP contribution in [0.5, 0.6) is 11.6 Å². The number of ether oxygens (including phenoxy) is 1. The summed E-state index contributed by atoms with van der Waals surface area (Å²) in [5.41, 5.74) is 0.768. The minimum atomic E-state index is 0.0702. The van der Waals surface area contributed by atoms with Gasteiger partial charge in [0.15, 0.2) is 5.82 Å². The summed E-state index contributed by atoms with van der Waals surface area (Å²) < 4.78 is 7.53. The fourth-order valence-corrected chi connectivity index (χ4v) is 3.68. The molecule has 1 N–H and O–H groups in total. The predicted molar refractivity (Wildman–Crippen MR) is 110 cm³/mol. The monoisotopic (exact) mass is 391 g/mol. The van der Waals surface area contributed by atoms with E-state index in [1.807, 2.05) is 43.5 Å². The van der Waals surface area contributed by atoms with E-state index in [1.54, 1.807) is 16.9 Å². The average Bonchev–Trinajstić information content (AvgIpc) is 3.42. The molecule has 0 atom stereocenters. The molecule has 1 saturated carbocycles. The van der Waals surface area contributed by atoms with E-state index in [4.69, 9.17) is 4.74 Å². The van der Waals surface area contributed by atoms with Gasteiger partial charge in [-0.1, -0.05) is 25.7 Å². The number of nitrogens with zero attached hydrogens (tertiary/aromatic N) is 4. The van der Waals surface area contributed by atoms with Crippen LogP contribution in [-0.4, -0.2) is 25.7 Å². The number of aromatic nitrogens is 4. The van der Waals surface area contributed by atoms with Crippen LogP contribution in [0.15, 0.2) is 48.8 Å². The Balaban J connectivity index is 1.35. The van der Waals surface area contributed by atoms with E-state index in [9.17, 15) is 4.79 Å². The zero-order chi connectivity index (χ0) is 20.1. The average molecular weight is 391 g/mol. The van der Waals surface area contributed by atoms with Crippen LogP contribution in [0.4, 0.5) is 5.69 Å². The highest BCUT2D eigenvalue weighted by molar-refractivity contribution is 5.90. The lowest BCUT2D eigenvalue weighted by atomic mass is 10.0. The Morgan fingerprint density at radius 1 is 1.21 bits per heavy atom. The van der Waals surface area contributed by atoms with Gasteiger partial charge in [-0.2, -0.15) is 10.1 Å². The van der Waals surface area contributed by atoms with Gasteiger partial charge in [-0.25, -0.2) is 9.67 Å². The Hall–Kier alpha value is -3.22. The fourth-order valence-electron chi connectivity index (χ4n) is 3.68. The molecule has 29 heavy (non-hydrogen) atoms. The van der Waals surface area contributed by atoms with Gasteiger partial charge in [0.25, 0.3) is 0 Å². The molecular weight excluding hydrogens is 366 g/mol. The molecule has 7 heteroatoms. The highest BCUT2D eigenvalue weighted by atomic mass is 16.5. The highest BCUT2D eigenvalue weighted by Crippen LogP contribution is 2.29. The minimum absolute atomic E-state index is 0.0702. The molecule has 0 unspecified atom stereocenters. The van der Waals surface area contributed by atoms with Crippen LogP contribution in [0.2, 0.25) is 0 Å². The van der Waals surface area contributed by atoms with E-state index in [-0.39, 0.29) is 5.91 Å². The van der Waals surface area contributed by atoms with E-state index in [2.05, 4.69) is 20.4 Å². The summed E-state index contributed by atoms with van der Waals surface area (Å²) in [5, 5.41) is 7.15. The molecule has 1 aromatic carbocycles. The number of carbonyl (C=O) groups is 1. The first-order valence-electron chi connectivity index (χ1n) is 10.1. The summed E-state index contributed by atoms with van der Waals surface area (Å²) >= 11 is 0. The normalized spacial score (nSPS) is 14.1. The number of rotatable bonds is 7. The van der Waals surface area contributed by atoms with Crippen molar-refractivity contribution < 1.29 is 9.53 Å². The lowest BCUT2D eigenvalue weighted by Gasteiger charge is -2.10. The van der Waals surface area contributed by atoms with Crippen LogP contribution in [-0.2, 0) is 4.79 Å². The Kier molecular flexibility index (Phi) is 5.84. The van der Waals surface area contributed by atoms with Gasteiger partial charge >= 0.3 is 0 Å². The van der Waals surface area contributed by atoms with E-state index in [0.717, 1.165) is 18.0 Å². The van der Waals surface area contributed by atoms with Crippen molar-refractivity contribution in [3.63, 3.8) is 0 Å². The summed E-state index contributed by atoms with van der Waals surface area (Å²) in [7, 11) is 0. The number of hydrogen-bond acceptors (Lipinski definition) is 5. The van der Waals surface area contributed by atoms with Crippen molar-refractivity contribution in [2.75, 3.05) is 5.32 Å². The number of anilines is 1. The minimum Gasteiger partial charge on any atom is -0.439 e. The zero-order valence-corrected chi connectivity index (χ0v) is 16.5. The Bertz CT molecular complexity index is 948. The number of benzene rings is 1. The van der Waals surface area contributed by atoms with Crippen LogP contribution < -0.4 is 10.1 Å². The van der Waals surface area contributed by atoms with Crippen molar-refractivity contribution in [1.82, 2.24) is 19.7 Å². The maximum atomic E-state index is 12.2. The number of amides is 1. The highest BCUT2D eigenvalue weighted by Gasteiger charge is 2.16. The number of nitrogens with one attached hydrogen (secondary N) is 1. The standard InChI is InChI=1S/C22H25N5O2/c1-16-24-20(27-14-4-13-23-27)15-22(25-16)29-19-10-8-18(9-11-19)26-21(28)12-7-17-5-2-3-6-17/h4,8-11,13-15,17H,2-3,5-7,12H2,1H3,(H,26,28).